The van der Waals surface area contributed by atoms with Gasteiger partial charge in [-0.1, -0.05) is 13.0 Å². The van der Waals surface area contributed by atoms with Crippen LogP contribution >= 0.6 is 11.3 Å². The van der Waals surface area contributed by atoms with Crippen molar-refractivity contribution in [2.75, 3.05) is 0 Å². The minimum Gasteiger partial charge on any atom is -0.267 e. The van der Waals surface area contributed by atoms with Gasteiger partial charge in [0.2, 0.25) is 0 Å². The first-order valence-corrected chi connectivity index (χ1v) is 7.92. The van der Waals surface area contributed by atoms with E-state index in [-0.39, 0.29) is 11.3 Å². The van der Waals surface area contributed by atoms with Crippen LogP contribution in [0.1, 0.15) is 39.5 Å². The molecule has 23 heavy (non-hydrogen) atoms. The normalized spacial score (nSPS) is 11.3. The van der Waals surface area contributed by atoms with E-state index in [0.29, 0.717) is 11.3 Å². The second kappa shape index (κ2) is 7.15. The standard InChI is InChI=1S/C16H17N3O3S/c1-4-13-7-8-15(23-13)11(3)17-18-16(20)12-6-5-10(2)14(9-12)19(21)22/h5-9H,4H2,1-3H3,(H,18,20). The number of nitrogens with one attached hydrogen (secondary N) is 1. The lowest BCUT2D eigenvalue weighted by molar-refractivity contribution is -0.385. The largest absolute Gasteiger partial charge is 0.273 e. The molecule has 1 heterocycles. The number of carbonyl (C=O) groups excluding carboxylic acids is 1. The van der Waals surface area contributed by atoms with Crippen LogP contribution in [0.2, 0.25) is 0 Å². The number of amides is 1. The molecule has 0 bridgehead atoms. The van der Waals surface area contributed by atoms with E-state index in [4.69, 9.17) is 0 Å². The Labute approximate surface area is 138 Å². The Bertz CT molecular complexity index is 781. The van der Waals surface area contributed by atoms with Crippen LogP contribution in [0.5, 0.6) is 0 Å². The highest BCUT2D eigenvalue weighted by Gasteiger charge is 2.14. The molecule has 2 rings (SSSR count). The number of hydrazone groups is 1. The lowest BCUT2D eigenvalue weighted by atomic mass is 10.1. The first kappa shape index (κ1) is 16.8. The minimum atomic E-state index is -0.501. The van der Waals surface area contributed by atoms with Crippen molar-refractivity contribution in [3.8, 4) is 0 Å². The number of hydrogen-bond donors (Lipinski definition) is 1. The van der Waals surface area contributed by atoms with Crippen molar-refractivity contribution in [2.45, 2.75) is 27.2 Å². The van der Waals surface area contributed by atoms with Gasteiger partial charge in [-0.2, -0.15) is 5.10 Å². The zero-order valence-corrected chi connectivity index (χ0v) is 13.9. The summed E-state index contributed by atoms with van der Waals surface area (Å²) in [5, 5.41) is 15.0. The van der Waals surface area contributed by atoms with Crippen LogP contribution in [0.25, 0.3) is 0 Å². The summed E-state index contributed by atoms with van der Waals surface area (Å²) in [6.07, 6.45) is 0.956. The second-order valence-electron chi connectivity index (χ2n) is 5.02. The van der Waals surface area contributed by atoms with E-state index in [1.807, 2.05) is 19.1 Å². The zero-order chi connectivity index (χ0) is 17.0. The summed E-state index contributed by atoms with van der Waals surface area (Å²) in [5.41, 5.74) is 3.78. The fraction of sp³-hybridized carbons (Fsp3) is 0.250. The van der Waals surface area contributed by atoms with Gasteiger partial charge in [0.05, 0.1) is 15.5 Å². The summed E-state index contributed by atoms with van der Waals surface area (Å²) in [6.45, 7) is 5.52. The van der Waals surface area contributed by atoms with Gasteiger partial charge in [-0.15, -0.1) is 11.3 Å². The fourth-order valence-electron chi connectivity index (χ4n) is 1.96. The number of nitrogens with zero attached hydrogens (tertiary/aromatic N) is 2. The number of carbonyl (C=O) groups is 1. The number of hydrogen-bond acceptors (Lipinski definition) is 5. The molecule has 0 saturated carbocycles. The Balaban J connectivity index is 2.14. The molecule has 1 aromatic carbocycles. The average molecular weight is 331 g/mol. The number of benzene rings is 1. The third-order valence-corrected chi connectivity index (χ3v) is 4.70. The van der Waals surface area contributed by atoms with Crippen LogP contribution < -0.4 is 5.43 Å². The van der Waals surface area contributed by atoms with E-state index < -0.39 is 10.8 Å². The summed E-state index contributed by atoms with van der Waals surface area (Å²) < 4.78 is 0. The highest BCUT2D eigenvalue weighted by Crippen LogP contribution is 2.20. The third kappa shape index (κ3) is 4.01. The van der Waals surface area contributed by atoms with E-state index in [1.165, 1.54) is 10.9 Å². The molecule has 1 N–H and O–H groups in total. The summed E-state index contributed by atoms with van der Waals surface area (Å²) in [7, 11) is 0. The highest BCUT2D eigenvalue weighted by molar-refractivity contribution is 7.14. The maximum absolute atomic E-state index is 12.1. The lowest BCUT2D eigenvalue weighted by Gasteiger charge is -2.03. The smallest absolute Gasteiger partial charge is 0.267 e. The molecule has 0 aliphatic heterocycles. The molecule has 6 nitrogen and oxygen atoms in total. The van der Waals surface area contributed by atoms with E-state index in [0.717, 1.165) is 11.3 Å². The predicted molar refractivity (Wildman–Crippen MR) is 91.2 cm³/mol. The quantitative estimate of drug-likeness (QED) is 0.515. The van der Waals surface area contributed by atoms with Gasteiger partial charge in [-0.05, 0) is 38.5 Å². The number of aryl methyl sites for hydroxylation is 2. The Morgan fingerprint density at radius 2 is 2.09 bits per heavy atom. The zero-order valence-electron chi connectivity index (χ0n) is 13.1. The minimum absolute atomic E-state index is 0.0794. The van der Waals surface area contributed by atoms with Gasteiger partial charge in [0.1, 0.15) is 0 Å². The molecule has 0 aliphatic rings. The molecule has 0 aliphatic carbocycles. The maximum Gasteiger partial charge on any atom is 0.273 e. The summed E-state index contributed by atoms with van der Waals surface area (Å²) in [6, 6.07) is 8.35. The predicted octanol–water partition coefficient (Wildman–Crippen LogP) is 3.68. The van der Waals surface area contributed by atoms with Crippen LogP contribution in [0, 0.1) is 17.0 Å². The van der Waals surface area contributed by atoms with Crippen molar-refractivity contribution in [3.05, 3.63) is 61.3 Å². The molecule has 0 radical (unpaired) electrons. The number of thiophene rings is 1. The Kier molecular flexibility index (Phi) is 5.23. The van der Waals surface area contributed by atoms with Crippen molar-refractivity contribution in [2.24, 2.45) is 5.10 Å². The Hall–Kier alpha value is -2.54. The SMILES string of the molecule is CCc1ccc(C(C)=NNC(=O)c2ccc(C)c([N+](=O)[O-])c2)s1. The number of nitro benzene ring substituents is 1. The first-order valence-electron chi connectivity index (χ1n) is 7.11. The topological polar surface area (TPSA) is 84.6 Å². The van der Waals surface area contributed by atoms with Gasteiger partial charge < -0.3 is 0 Å². The van der Waals surface area contributed by atoms with Crippen molar-refractivity contribution in [3.63, 3.8) is 0 Å². The number of nitro groups is 1. The molecular weight excluding hydrogens is 314 g/mol. The molecular formula is C16H17N3O3S. The average Bonchev–Trinajstić information content (AvgIpc) is 3.01. The maximum atomic E-state index is 12.1. The van der Waals surface area contributed by atoms with Gasteiger partial charge >= 0.3 is 0 Å². The molecule has 7 heteroatoms. The molecule has 1 amide bonds. The Morgan fingerprint density at radius 1 is 1.35 bits per heavy atom. The van der Waals surface area contributed by atoms with Crippen LogP contribution in [-0.4, -0.2) is 16.5 Å². The van der Waals surface area contributed by atoms with Crippen molar-refractivity contribution >= 4 is 28.6 Å². The molecule has 1 aromatic heterocycles. The first-order chi connectivity index (χ1) is 10.9. The van der Waals surface area contributed by atoms with E-state index >= 15 is 0 Å². The monoisotopic (exact) mass is 331 g/mol. The molecule has 2 aromatic rings. The van der Waals surface area contributed by atoms with Crippen LogP contribution in [0.4, 0.5) is 5.69 Å². The van der Waals surface area contributed by atoms with Crippen LogP contribution in [-0.2, 0) is 6.42 Å². The van der Waals surface area contributed by atoms with Crippen molar-refractivity contribution in [1.82, 2.24) is 5.43 Å². The van der Waals surface area contributed by atoms with E-state index in [9.17, 15) is 14.9 Å². The van der Waals surface area contributed by atoms with Crippen LogP contribution in [0.3, 0.4) is 0 Å². The van der Waals surface area contributed by atoms with Crippen molar-refractivity contribution in [1.29, 1.82) is 0 Å². The van der Waals surface area contributed by atoms with E-state index in [2.05, 4.69) is 17.5 Å². The second-order valence-corrected chi connectivity index (χ2v) is 6.18. The third-order valence-electron chi connectivity index (χ3n) is 3.36. The van der Waals surface area contributed by atoms with Crippen molar-refractivity contribution < 1.29 is 9.72 Å². The van der Waals surface area contributed by atoms with E-state index in [1.54, 1.807) is 30.4 Å². The van der Waals surface area contributed by atoms with Gasteiger partial charge in [0, 0.05) is 22.1 Å². The molecule has 0 saturated heterocycles. The molecule has 0 fully saturated rings. The van der Waals surface area contributed by atoms with Crippen LogP contribution in [0.15, 0.2) is 35.4 Å². The summed E-state index contributed by atoms with van der Waals surface area (Å²) >= 11 is 1.63. The summed E-state index contributed by atoms with van der Waals surface area (Å²) in [5.74, 6) is -0.472. The van der Waals surface area contributed by atoms with Gasteiger partial charge in [-0.3, -0.25) is 14.9 Å². The molecule has 0 unspecified atom stereocenters. The molecule has 0 spiro atoms. The van der Waals surface area contributed by atoms with Gasteiger partial charge in [0.15, 0.2) is 0 Å². The highest BCUT2D eigenvalue weighted by atomic mass is 32.1. The number of rotatable bonds is 5. The van der Waals surface area contributed by atoms with Gasteiger partial charge in [-0.25, -0.2) is 5.43 Å². The molecule has 120 valence electrons. The molecule has 0 atom stereocenters. The van der Waals surface area contributed by atoms with Gasteiger partial charge in [0.25, 0.3) is 11.6 Å². The fourth-order valence-corrected chi connectivity index (χ4v) is 2.86. The Morgan fingerprint density at radius 3 is 2.70 bits per heavy atom. The lowest BCUT2D eigenvalue weighted by Crippen LogP contribution is -2.19. The summed E-state index contributed by atoms with van der Waals surface area (Å²) in [4.78, 5) is 24.7.